The van der Waals surface area contributed by atoms with Crippen molar-refractivity contribution in [3.05, 3.63) is 75.4 Å². The standard InChI is InChI=1S/C23H17N3O3S/c1-3-29-23(28)19-13(2)17-21(30-19)24-20-16-12-8-7-11-15(16)18(25-26(20)22(17)27)14-9-5-4-6-10-14/h4-12H,3H2,1-2H3. The molecule has 0 saturated heterocycles. The van der Waals surface area contributed by atoms with Crippen molar-refractivity contribution in [2.75, 3.05) is 6.61 Å². The highest BCUT2D eigenvalue weighted by Crippen LogP contribution is 2.32. The molecule has 0 saturated carbocycles. The predicted octanol–water partition coefficient (Wildman–Crippen LogP) is 4.61. The molecule has 0 radical (unpaired) electrons. The van der Waals surface area contributed by atoms with Gasteiger partial charge in [-0.3, -0.25) is 4.79 Å². The fourth-order valence-electron chi connectivity index (χ4n) is 3.68. The normalized spacial score (nSPS) is 11.4. The van der Waals surface area contributed by atoms with Crippen LogP contribution in [0.5, 0.6) is 0 Å². The van der Waals surface area contributed by atoms with Crippen LogP contribution in [0.15, 0.2) is 59.4 Å². The van der Waals surface area contributed by atoms with Gasteiger partial charge in [0.15, 0.2) is 5.65 Å². The van der Waals surface area contributed by atoms with Gasteiger partial charge in [-0.2, -0.15) is 9.61 Å². The van der Waals surface area contributed by atoms with Crippen LogP contribution >= 0.6 is 11.3 Å². The van der Waals surface area contributed by atoms with Gasteiger partial charge in [-0.15, -0.1) is 11.3 Å². The van der Waals surface area contributed by atoms with Crippen LogP contribution in [0.3, 0.4) is 0 Å². The molecule has 0 fully saturated rings. The maximum absolute atomic E-state index is 13.4. The zero-order chi connectivity index (χ0) is 20.8. The van der Waals surface area contributed by atoms with Crippen molar-refractivity contribution >= 4 is 43.9 Å². The van der Waals surface area contributed by atoms with Gasteiger partial charge in [0.1, 0.15) is 9.71 Å². The molecule has 6 nitrogen and oxygen atoms in total. The lowest BCUT2D eigenvalue weighted by molar-refractivity contribution is 0.0531. The average Bonchev–Trinajstić information content (AvgIpc) is 3.11. The summed E-state index contributed by atoms with van der Waals surface area (Å²) in [5, 5.41) is 6.83. The number of carbonyl (C=O) groups is 1. The van der Waals surface area contributed by atoms with Crippen molar-refractivity contribution in [2.45, 2.75) is 13.8 Å². The van der Waals surface area contributed by atoms with Crippen LogP contribution in [-0.4, -0.2) is 27.2 Å². The molecular weight excluding hydrogens is 398 g/mol. The summed E-state index contributed by atoms with van der Waals surface area (Å²) in [6.07, 6.45) is 0. The topological polar surface area (TPSA) is 73.6 Å². The Bertz CT molecular complexity index is 1500. The number of aryl methyl sites for hydroxylation is 1. The Hall–Kier alpha value is -3.58. The smallest absolute Gasteiger partial charge is 0.348 e. The monoisotopic (exact) mass is 415 g/mol. The third kappa shape index (κ3) is 2.70. The van der Waals surface area contributed by atoms with Gasteiger partial charge < -0.3 is 4.74 Å². The number of benzene rings is 2. The first-order chi connectivity index (χ1) is 14.6. The lowest BCUT2D eigenvalue weighted by Crippen LogP contribution is -2.19. The number of hydrogen-bond acceptors (Lipinski definition) is 6. The number of carbonyl (C=O) groups excluding carboxylic acids is 1. The van der Waals surface area contributed by atoms with Gasteiger partial charge in [0.2, 0.25) is 0 Å². The number of fused-ring (bicyclic) bond motifs is 4. The van der Waals surface area contributed by atoms with Crippen molar-refractivity contribution in [1.29, 1.82) is 0 Å². The minimum atomic E-state index is -0.436. The third-order valence-corrected chi connectivity index (χ3v) is 6.24. The molecule has 7 heteroatoms. The highest BCUT2D eigenvalue weighted by atomic mass is 32.1. The minimum absolute atomic E-state index is 0.271. The van der Waals surface area contributed by atoms with Crippen LogP contribution in [-0.2, 0) is 4.74 Å². The molecule has 0 aliphatic heterocycles. The van der Waals surface area contributed by atoms with Crippen LogP contribution in [0.25, 0.3) is 37.9 Å². The van der Waals surface area contributed by atoms with E-state index >= 15 is 0 Å². The molecule has 0 aliphatic carbocycles. The summed E-state index contributed by atoms with van der Waals surface area (Å²) in [6, 6.07) is 17.5. The number of aromatic nitrogens is 3. The van der Waals surface area contributed by atoms with E-state index in [0.29, 0.717) is 32.0 Å². The fourth-order valence-corrected chi connectivity index (χ4v) is 4.75. The highest BCUT2D eigenvalue weighted by Gasteiger charge is 2.22. The van der Waals surface area contributed by atoms with Crippen molar-refractivity contribution in [2.24, 2.45) is 0 Å². The Morgan fingerprint density at radius 3 is 2.50 bits per heavy atom. The Balaban J connectivity index is 1.91. The molecule has 5 rings (SSSR count). The Morgan fingerprint density at radius 2 is 1.77 bits per heavy atom. The number of esters is 1. The van der Waals surface area contributed by atoms with Gasteiger partial charge >= 0.3 is 5.97 Å². The van der Waals surface area contributed by atoms with Gasteiger partial charge in [0.05, 0.1) is 17.7 Å². The van der Waals surface area contributed by atoms with Crippen LogP contribution in [0, 0.1) is 6.92 Å². The molecule has 3 heterocycles. The summed E-state index contributed by atoms with van der Waals surface area (Å²) in [5.41, 5.74) is 2.38. The van der Waals surface area contributed by atoms with Crippen molar-refractivity contribution < 1.29 is 9.53 Å². The Labute approximate surface area is 175 Å². The van der Waals surface area contributed by atoms with Crippen molar-refractivity contribution in [3.8, 4) is 11.3 Å². The molecular formula is C23H17N3O3S. The lowest BCUT2D eigenvalue weighted by Gasteiger charge is -2.10. The quantitative estimate of drug-likeness (QED) is 0.318. The summed E-state index contributed by atoms with van der Waals surface area (Å²) in [7, 11) is 0. The summed E-state index contributed by atoms with van der Waals surface area (Å²) >= 11 is 1.18. The second-order valence-corrected chi connectivity index (χ2v) is 7.87. The molecule has 0 aliphatic rings. The van der Waals surface area contributed by atoms with E-state index in [1.807, 2.05) is 54.6 Å². The minimum Gasteiger partial charge on any atom is -0.462 e. The van der Waals surface area contributed by atoms with Gasteiger partial charge in [-0.25, -0.2) is 9.78 Å². The van der Waals surface area contributed by atoms with E-state index in [1.165, 1.54) is 15.9 Å². The zero-order valence-corrected chi connectivity index (χ0v) is 17.2. The summed E-state index contributed by atoms with van der Waals surface area (Å²) in [6.45, 7) is 3.77. The van der Waals surface area contributed by atoms with Crippen molar-refractivity contribution in [3.63, 3.8) is 0 Å². The van der Waals surface area contributed by atoms with Crippen LogP contribution < -0.4 is 5.56 Å². The van der Waals surface area contributed by atoms with Crippen LogP contribution in [0.4, 0.5) is 0 Å². The summed E-state index contributed by atoms with van der Waals surface area (Å²) in [5.74, 6) is -0.436. The molecule has 0 spiro atoms. The van der Waals surface area contributed by atoms with E-state index in [0.717, 1.165) is 16.3 Å². The van der Waals surface area contributed by atoms with Crippen molar-refractivity contribution in [1.82, 2.24) is 14.6 Å². The number of hydrogen-bond donors (Lipinski definition) is 0. The maximum atomic E-state index is 13.4. The van der Waals surface area contributed by atoms with Crippen LogP contribution in [0.2, 0.25) is 0 Å². The Morgan fingerprint density at radius 1 is 1.07 bits per heavy atom. The second-order valence-electron chi connectivity index (χ2n) is 6.87. The number of thiophene rings is 1. The van der Waals surface area contributed by atoms with E-state index in [9.17, 15) is 9.59 Å². The van der Waals surface area contributed by atoms with Gasteiger partial charge in [0, 0.05) is 16.3 Å². The molecule has 0 atom stereocenters. The van der Waals surface area contributed by atoms with Gasteiger partial charge in [-0.1, -0.05) is 54.6 Å². The van der Waals surface area contributed by atoms with E-state index in [2.05, 4.69) is 5.10 Å². The molecule has 5 aromatic rings. The Kier molecular flexibility index (Phi) is 4.33. The first kappa shape index (κ1) is 18.4. The second kappa shape index (κ2) is 7.03. The molecule has 3 aromatic heterocycles. The van der Waals surface area contributed by atoms with Gasteiger partial charge in [0.25, 0.3) is 5.56 Å². The van der Waals surface area contributed by atoms with E-state index < -0.39 is 5.97 Å². The molecule has 0 N–H and O–H groups in total. The molecule has 0 amide bonds. The third-order valence-electron chi connectivity index (χ3n) is 5.07. The molecule has 30 heavy (non-hydrogen) atoms. The van der Waals surface area contributed by atoms with Crippen LogP contribution in [0.1, 0.15) is 22.2 Å². The predicted molar refractivity (Wildman–Crippen MR) is 118 cm³/mol. The van der Waals surface area contributed by atoms with E-state index in [4.69, 9.17) is 9.72 Å². The average molecular weight is 415 g/mol. The first-order valence-corrected chi connectivity index (χ1v) is 10.4. The SMILES string of the molecule is CCOC(=O)c1sc2nc3c4ccccc4c(-c4ccccc4)nn3c(=O)c2c1C. The summed E-state index contributed by atoms with van der Waals surface area (Å²) in [4.78, 5) is 31.4. The molecule has 0 unspecified atom stereocenters. The number of rotatable bonds is 3. The number of ether oxygens (including phenoxy) is 1. The number of nitrogens with zero attached hydrogens (tertiary/aromatic N) is 3. The zero-order valence-electron chi connectivity index (χ0n) is 16.4. The van der Waals surface area contributed by atoms with E-state index in [1.54, 1.807) is 13.8 Å². The molecule has 2 aromatic carbocycles. The maximum Gasteiger partial charge on any atom is 0.348 e. The lowest BCUT2D eigenvalue weighted by atomic mass is 10.0. The molecule has 148 valence electrons. The van der Waals surface area contributed by atoms with E-state index in [-0.39, 0.29) is 12.2 Å². The first-order valence-electron chi connectivity index (χ1n) is 9.57. The largest absolute Gasteiger partial charge is 0.462 e. The van der Waals surface area contributed by atoms with Gasteiger partial charge in [-0.05, 0) is 19.4 Å². The highest BCUT2D eigenvalue weighted by molar-refractivity contribution is 7.20. The fraction of sp³-hybridized carbons (Fsp3) is 0.130. The summed E-state index contributed by atoms with van der Waals surface area (Å²) < 4.78 is 6.49. The molecule has 0 bridgehead atoms.